The van der Waals surface area contributed by atoms with E-state index in [0.717, 1.165) is 35.2 Å². The van der Waals surface area contributed by atoms with Crippen molar-refractivity contribution in [1.82, 2.24) is 15.1 Å². The minimum absolute atomic E-state index is 0.143. The fourth-order valence-corrected chi connectivity index (χ4v) is 3.29. The molecule has 1 aromatic heterocycles. The predicted octanol–water partition coefficient (Wildman–Crippen LogP) is 4.70. The zero-order valence-corrected chi connectivity index (χ0v) is 18.3. The maximum atomic E-state index is 13.0. The van der Waals surface area contributed by atoms with Gasteiger partial charge in [0, 0.05) is 18.2 Å². The van der Waals surface area contributed by atoms with Crippen molar-refractivity contribution >= 4 is 5.91 Å². The van der Waals surface area contributed by atoms with Crippen molar-refractivity contribution in [3.05, 3.63) is 59.3 Å². The van der Waals surface area contributed by atoms with Crippen LogP contribution in [0.5, 0.6) is 11.5 Å². The Morgan fingerprint density at radius 3 is 2.57 bits per heavy atom. The summed E-state index contributed by atoms with van der Waals surface area (Å²) in [5, 5.41) is 7.81. The number of benzene rings is 2. The quantitative estimate of drug-likeness (QED) is 0.550. The molecule has 0 atom stereocenters. The summed E-state index contributed by atoms with van der Waals surface area (Å²) in [6.45, 7) is 6.78. The third kappa shape index (κ3) is 4.48. The fraction of sp³-hybridized carbons (Fsp3) is 0.333. The van der Waals surface area contributed by atoms with Gasteiger partial charge in [-0.05, 0) is 55.7 Å². The lowest BCUT2D eigenvalue weighted by Crippen LogP contribution is -2.26. The molecule has 1 N–H and O–H groups in total. The van der Waals surface area contributed by atoms with Gasteiger partial charge in [0.05, 0.1) is 25.6 Å². The van der Waals surface area contributed by atoms with Gasteiger partial charge >= 0.3 is 0 Å². The first kappa shape index (κ1) is 21.4. The van der Waals surface area contributed by atoms with Gasteiger partial charge in [0.2, 0.25) is 0 Å². The minimum Gasteiger partial charge on any atom is -0.497 e. The number of carbonyl (C=O) groups excluding carboxylic acids is 1. The number of nitrogens with one attached hydrogen (secondary N) is 1. The molecule has 0 unspecified atom stereocenters. The lowest BCUT2D eigenvalue weighted by Gasteiger charge is -2.11. The van der Waals surface area contributed by atoms with E-state index in [2.05, 4.69) is 18.3 Å². The Morgan fingerprint density at radius 2 is 1.87 bits per heavy atom. The van der Waals surface area contributed by atoms with Gasteiger partial charge in [-0.1, -0.05) is 25.5 Å². The first-order valence-electron chi connectivity index (χ1n) is 10.2. The first-order chi connectivity index (χ1) is 14.5. The number of ether oxygens (including phenoxy) is 2. The van der Waals surface area contributed by atoms with Crippen LogP contribution in [0.2, 0.25) is 0 Å². The van der Waals surface area contributed by atoms with Gasteiger partial charge in [-0.15, -0.1) is 0 Å². The summed E-state index contributed by atoms with van der Waals surface area (Å²) >= 11 is 0. The summed E-state index contributed by atoms with van der Waals surface area (Å²) < 4.78 is 12.6. The fourth-order valence-electron chi connectivity index (χ4n) is 3.29. The molecule has 0 spiro atoms. The molecule has 2 aromatic carbocycles. The molecule has 0 aliphatic heterocycles. The van der Waals surface area contributed by atoms with E-state index in [1.807, 2.05) is 50.2 Å². The molecule has 0 bridgehead atoms. The van der Waals surface area contributed by atoms with Crippen molar-refractivity contribution in [2.45, 2.75) is 33.6 Å². The predicted molar refractivity (Wildman–Crippen MR) is 119 cm³/mol. The van der Waals surface area contributed by atoms with Gasteiger partial charge < -0.3 is 14.8 Å². The Bertz CT molecular complexity index is 1040. The van der Waals surface area contributed by atoms with Crippen LogP contribution in [0.15, 0.2) is 42.5 Å². The maximum absolute atomic E-state index is 13.0. The number of hydrogen-bond donors (Lipinski definition) is 1. The second-order valence-corrected chi connectivity index (χ2v) is 7.29. The number of hydrogen-bond acceptors (Lipinski definition) is 4. The van der Waals surface area contributed by atoms with Crippen LogP contribution in [0.4, 0.5) is 0 Å². The Balaban J connectivity index is 2.13. The molecule has 0 aliphatic carbocycles. The van der Waals surface area contributed by atoms with E-state index in [0.29, 0.717) is 29.4 Å². The summed E-state index contributed by atoms with van der Waals surface area (Å²) in [5.41, 5.74) is 4.98. The summed E-state index contributed by atoms with van der Waals surface area (Å²) in [5.74, 6) is 1.19. The number of nitrogens with zero attached hydrogens (tertiary/aromatic N) is 2. The molecule has 3 rings (SSSR count). The Labute approximate surface area is 177 Å². The molecule has 30 heavy (non-hydrogen) atoms. The molecule has 0 saturated heterocycles. The summed E-state index contributed by atoms with van der Waals surface area (Å²) in [4.78, 5) is 13.0. The maximum Gasteiger partial charge on any atom is 0.270 e. The lowest BCUT2D eigenvalue weighted by molar-refractivity contribution is 0.0945. The molecule has 6 heteroatoms. The van der Waals surface area contributed by atoms with Crippen LogP contribution in [-0.2, 0) is 0 Å². The van der Waals surface area contributed by atoms with Gasteiger partial charge in [-0.2, -0.15) is 5.10 Å². The highest BCUT2D eigenvalue weighted by Gasteiger charge is 2.20. The van der Waals surface area contributed by atoms with Crippen molar-refractivity contribution in [1.29, 1.82) is 0 Å². The van der Waals surface area contributed by atoms with E-state index in [4.69, 9.17) is 14.6 Å². The van der Waals surface area contributed by atoms with Crippen molar-refractivity contribution in [2.24, 2.45) is 0 Å². The van der Waals surface area contributed by atoms with Crippen LogP contribution in [0, 0.1) is 13.8 Å². The lowest BCUT2D eigenvalue weighted by atomic mass is 10.1. The molecular weight excluding hydrogens is 378 g/mol. The average molecular weight is 408 g/mol. The Morgan fingerprint density at radius 1 is 1.07 bits per heavy atom. The van der Waals surface area contributed by atoms with Gasteiger partial charge in [0.15, 0.2) is 0 Å². The Kier molecular flexibility index (Phi) is 6.77. The van der Waals surface area contributed by atoms with Crippen LogP contribution >= 0.6 is 0 Å². The molecule has 0 fully saturated rings. The Hall–Kier alpha value is -3.28. The highest BCUT2D eigenvalue weighted by atomic mass is 16.5. The van der Waals surface area contributed by atoms with Gasteiger partial charge in [-0.3, -0.25) is 4.79 Å². The normalized spacial score (nSPS) is 10.7. The zero-order chi connectivity index (χ0) is 21.7. The third-order valence-corrected chi connectivity index (χ3v) is 5.04. The molecular formula is C24H29N3O3. The average Bonchev–Trinajstić information content (AvgIpc) is 3.20. The molecule has 1 amide bonds. The molecule has 3 aromatic rings. The topological polar surface area (TPSA) is 65.4 Å². The smallest absolute Gasteiger partial charge is 0.270 e. The first-order valence-corrected chi connectivity index (χ1v) is 10.2. The summed E-state index contributed by atoms with van der Waals surface area (Å²) in [7, 11) is 3.22. The van der Waals surface area contributed by atoms with Crippen LogP contribution in [0.3, 0.4) is 0 Å². The number of unbranched alkanes of at least 4 members (excludes halogenated alkanes) is 1. The molecule has 0 saturated carbocycles. The summed E-state index contributed by atoms with van der Waals surface area (Å²) in [6, 6.07) is 13.5. The molecule has 6 nitrogen and oxygen atoms in total. The van der Waals surface area contributed by atoms with Crippen LogP contribution in [0.25, 0.3) is 16.9 Å². The van der Waals surface area contributed by atoms with Gasteiger partial charge in [0.1, 0.15) is 17.2 Å². The zero-order valence-electron chi connectivity index (χ0n) is 18.3. The highest BCUT2D eigenvalue weighted by molar-refractivity contribution is 5.94. The van der Waals surface area contributed by atoms with Gasteiger partial charge in [0.25, 0.3) is 5.91 Å². The standard InChI is InChI=1S/C24H29N3O3/c1-6-7-12-25-24(28)22-15-20(19-11-10-18(29-4)14-23(19)30-5)26-27(22)21-13-16(2)8-9-17(21)3/h8-11,13-15H,6-7,12H2,1-5H3,(H,25,28). The number of methoxy groups -OCH3 is 2. The van der Waals surface area contributed by atoms with Crippen LogP contribution in [-0.4, -0.2) is 36.5 Å². The van der Waals surface area contributed by atoms with E-state index in [1.165, 1.54) is 0 Å². The molecule has 0 aliphatic rings. The van der Waals surface area contributed by atoms with Crippen LogP contribution in [0.1, 0.15) is 41.4 Å². The molecule has 158 valence electrons. The molecule has 0 radical (unpaired) electrons. The van der Waals surface area contributed by atoms with Crippen LogP contribution < -0.4 is 14.8 Å². The van der Waals surface area contributed by atoms with Crippen molar-refractivity contribution in [2.75, 3.05) is 20.8 Å². The van der Waals surface area contributed by atoms with E-state index in [-0.39, 0.29) is 5.91 Å². The number of aromatic nitrogens is 2. The van der Waals surface area contributed by atoms with E-state index in [1.54, 1.807) is 18.9 Å². The van der Waals surface area contributed by atoms with E-state index >= 15 is 0 Å². The number of rotatable bonds is 8. The SMILES string of the molecule is CCCCNC(=O)c1cc(-c2ccc(OC)cc2OC)nn1-c1cc(C)ccc1C. The van der Waals surface area contributed by atoms with Crippen molar-refractivity contribution in [3.8, 4) is 28.4 Å². The highest BCUT2D eigenvalue weighted by Crippen LogP contribution is 2.33. The second kappa shape index (κ2) is 9.48. The minimum atomic E-state index is -0.143. The third-order valence-electron chi connectivity index (χ3n) is 5.04. The largest absolute Gasteiger partial charge is 0.497 e. The monoisotopic (exact) mass is 407 g/mol. The number of aryl methyl sites for hydroxylation is 2. The second-order valence-electron chi connectivity index (χ2n) is 7.29. The number of carbonyl (C=O) groups is 1. The van der Waals surface area contributed by atoms with E-state index < -0.39 is 0 Å². The van der Waals surface area contributed by atoms with Crippen molar-refractivity contribution in [3.63, 3.8) is 0 Å². The summed E-state index contributed by atoms with van der Waals surface area (Å²) in [6.07, 6.45) is 1.95. The van der Waals surface area contributed by atoms with Crippen molar-refractivity contribution < 1.29 is 14.3 Å². The molecule has 1 heterocycles. The van der Waals surface area contributed by atoms with E-state index in [9.17, 15) is 4.79 Å². The van der Waals surface area contributed by atoms with Gasteiger partial charge in [-0.25, -0.2) is 4.68 Å². The number of amides is 1.